The van der Waals surface area contributed by atoms with Crippen molar-refractivity contribution < 1.29 is 14.3 Å². The van der Waals surface area contributed by atoms with Gasteiger partial charge >= 0.3 is 5.97 Å². The maximum Gasteiger partial charge on any atom is 0.310 e. The largest absolute Gasteiger partial charge is 0.455 e. The molecule has 1 amide bonds. The Balaban J connectivity index is 1.49. The van der Waals surface area contributed by atoms with Gasteiger partial charge in [0, 0.05) is 13.1 Å². The second-order valence-corrected chi connectivity index (χ2v) is 6.39. The third kappa shape index (κ3) is 3.63. The third-order valence-electron chi connectivity index (χ3n) is 4.87. The highest BCUT2D eigenvalue weighted by Gasteiger charge is 2.40. The first-order chi connectivity index (χ1) is 11.2. The molecule has 0 spiro atoms. The zero-order valence-corrected chi connectivity index (χ0v) is 13.5. The number of rotatable bonds is 6. The molecule has 0 aliphatic heterocycles. The lowest BCUT2D eigenvalue weighted by molar-refractivity contribution is -0.156. The van der Waals surface area contributed by atoms with E-state index >= 15 is 0 Å². The first-order valence-corrected chi connectivity index (χ1v) is 8.34. The fourth-order valence-electron chi connectivity index (χ4n) is 3.56. The summed E-state index contributed by atoms with van der Waals surface area (Å²) in [6, 6.07) is 9.84. The van der Waals surface area contributed by atoms with Gasteiger partial charge in [-0.05, 0) is 37.2 Å². The zero-order chi connectivity index (χ0) is 16.2. The normalized spacial score (nSPS) is 24.7. The fourth-order valence-corrected chi connectivity index (χ4v) is 3.56. The number of amides is 1. The molecule has 1 aromatic carbocycles. The fraction of sp³-hybridized carbons (Fsp3) is 0.474. The standard InChI is InChI=1S/C19H23NO3/c1-2-20(12-14-6-4-3-5-7-14)18(21)13-23-19(22)17-11-15-8-9-16(17)10-15/h3-9,15-17H,2,10-13H2,1H3/t15-,16+,17-/m1/s1. The molecule has 0 saturated heterocycles. The number of carbonyl (C=O) groups excluding carboxylic acids is 2. The van der Waals surface area contributed by atoms with Crippen molar-refractivity contribution in [1.29, 1.82) is 0 Å². The smallest absolute Gasteiger partial charge is 0.310 e. The number of carbonyl (C=O) groups is 2. The molecule has 4 heteroatoms. The molecule has 3 rings (SSSR count). The molecule has 0 heterocycles. The molecule has 0 unspecified atom stereocenters. The molecule has 0 radical (unpaired) electrons. The summed E-state index contributed by atoms with van der Waals surface area (Å²) in [5, 5.41) is 0. The minimum Gasteiger partial charge on any atom is -0.455 e. The summed E-state index contributed by atoms with van der Waals surface area (Å²) in [7, 11) is 0. The Labute approximate surface area is 137 Å². The van der Waals surface area contributed by atoms with Crippen molar-refractivity contribution in [3.05, 3.63) is 48.0 Å². The van der Waals surface area contributed by atoms with Crippen molar-refractivity contribution in [1.82, 2.24) is 4.90 Å². The Morgan fingerprint density at radius 1 is 1.17 bits per heavy atom. The Morgan fingerprint density at radius 3 is 2.57 bits per heavy atom. The van der Waals surface area contributed by atoms with Crippen molar-refractivity contribution >= 4 is 11.9 Å². The maximum atomic E-state index is 12.3. The second-order valence-electron chi connectivity index (χ2n) is 6.39. The Morgan fingerprint density at radius 2 is 1.96 bits per heavy atom. The van der Waals surface area contributed by atoms with E-state index < -0.39 is 0 Å². The molecule has 2 bridgehead atoms. The van der Waals surface area contributed by atoms with Gasteiger partial charge < -0.3 is 9.64 Å². The third-order valence-corrected chi connectivity index (χ3v) is 4.87. The van der Waals surface area contributed by atoms with Gasteiger partial charge in [0.25, 0.3) is 5.91 Å². The molecule has 4 nitrogen and oxygen atoms in total. The van der Waals surface area contributed by atoms with Crippen molar-refractivity contribution in [3.63, 3.8) is 0 Å². The summed E-state index contributed by atoms with van der Waals surface area (Å²) in [6.07, 6.45) is 6.24. The molecule has 0 N–H and O–H groups in total. The highest BCUT2D eigenvalue weighted by molar-refractivity contribution is 5.81. The summed E-state index contributed by atoms with van der Waals surface area (Å²) >= 11 is 0. The highest BCUT2D eigenvalue weighted by atomic mass is 16.5. The van der Waals surface area contributed by atoms with E-state index in [1.807, 2.05) is 37.3 Å². The summed E-state index contributed by atoms with van der Waals surface area (Å²) in [5.74, 6) is 0.434. The SMILES string of the molecule is CCN(Cc1ccccc1)C(=O)COC(=O)[C@@H]1C[C@@H]2C=C[C@H]1C2. The number of nitrogens with zero attached hydrogens (tertiary/aromatic N) is 1. The molecule has 23 heavy (non-hydrogen) atoms. The molecule has 0 aromatic heterocycles. The number of hydrogen-bond acceptors (Lipinski definition) is 3. The first-order valence-electron chi connectivity index (χ1n) is 8.34. The van der Waals surface area contributed by atoms with Crippen LogP contribution in [0.15, 0.2) is 42.5 Å². The highest BCUT2D eigenvalue weighted by Crippen LogP contribution is 2.43. The average Bonchev–Trinajstić information content (AvgIpc) is 3.21. The number of benzene rings is 1. The topological polar surface area (TPSA) is 46.6 Å². The Kier molecular flexibility index (Phi) is 4.79. The molecule has 1 aromatic rings. The van der Waals surface area contributed by atoms with Gasteiger partial charge in [-0.25, -0.2) is 0 Å². The van der Waals surface area contributed by atoms with Gasteiger partial charge in [-0.2, -0.15) is 0 Å². The number of esters is 1. The molecule has 1 saturated carbocycles. The maximum absolute atomic E-state index is 12.3. The van der Waals surface area contributed by atoms with Gasteiger partial charge in [-0.1, -0.05) is 42.5 Å². The first kappa shape index (κ1) is 15.8. The van der Waals surface area contributed by atoms with Crippen LogP contribution in [-0.4, -0.2) is 29.9 Å². The van der Waals surface area contributed by atoms with Gasteiger partial charge in [-0.3, -0.25) is 9.59 Å². The predicted molar refractivity (Wildman–Crippen MR) is 87.3 cm³/mol. The van der Waals surface area contributed by atoms with E-state index in [0.29, 0.717) is 24.9 Å². The predicted octanol–water partition coefficient (Wildman–Crippen LogP) is 2.79. The summed E-state index contributed by atoms with van der Waals surface area (Å²) in [4.78, 5) is 26.2. The number of hydrogen-bond donors (Lipinski definition) is 0. The molecular weight excluding hydrogens is 290 g/mol. The van der Waals surface area contributed by atoms with Crippen LogP contribution in [0.4, 0.5) is 0 Å². The minimum absolute atomic E-state index is 0.0537. The van der Waals surface area contributed by atoms with Gasteiger partial charge in [0.2, 0.25) is 0 Å². The van der Waals surface area contributed by atoms with E-state index in [4.69, 9.17) is 4.74 Å². The van der Waals surface area contributed by atoms with E-state index in [-0.39, 0.29) is 24.4 Å². The minimum atomic E-state index is -0.217. The van der Waals surface area contributed by atoms with Gasteiger partial charge in [0.15, 0.2) is 6.61 Å². The number of ether oxygens (including phenoxy) is 1. The molecule has 1 fully saturated rings. The molecule has 3 atom stereocenters. The van der Waals surface area contributed by atoms with Crippen LogP contribution >= 0.6 is 0 Å². The van der Waals surface area contributed by atoms with Crippen LogP contribution in [0.5, 0.6) is 0 Å². The van der Waals surface area contributed by atoms with Crippen LogP contribution in [0.25, 0.3) is 0 Å². The van der Waals surface area contributed by atoms with E-state index in [1.165, 1.54) is 0 Å². The van der Waals surface area contributed by atoms with Crippen LogP contribution in [0.1, 0.15) is 25.3 Å². The van der Waals surface area contributed by atoms with Crippen LogP contribution < -0.4 is 0 Å². The molecular formula is C19H23NO3. The lowest BCUT2D eigenvalue weighted by atomic mass is 9.94. The lowest BCUT2D eigenvalue weighted by Crippen LogP contribution is -2.35. The Hall–Kier alpha value is -2.10. The van der Waals surface area contributed by atoms with Crippen molar-refractivity contribution in [3.8, 4) is 0 Å². The molecule has 2 aliphatic rings. The zero-order valence-electron chi connectivity index (χ0n) is 13.5. The Bertz CT molecular complexity index is 596. The van der Waals surface area contributed by atoms with Gasteiger partial charge in [0.1, 0.15) is 0 Å². The number of likely N-dealkylation sites (N-methyl/N-ethyl adjacent to an activating group) is 1. The summed E-state index contributed by atoms with van der Waals surface area (Å²) in [6.45, 7) is 2.92. The van der Waals surface area contributed by atoms with Crippen LogP contribution in [0.3, 0.4) is 0 Å². The van der Waals surface area contributed by atoms with E-state index in [1.54, 1.807) is 4.90 Å². The quantitative estimate of drug-likeness (QED) is 0.599. The summed E-state index contributed by atoms with van der Waals surface area (Å²) in [5.41, 5.74) is 1.08. The summed E-state index contributed by atoms with van der Waals surface area (Å²) < 4.78 is 5.30. The van der Waals surface area contributed by atoms with E-state index in [9.17, 15) is 9.59 Å². The monoisotopic (exact) mass is 313 g/mol. The number of fused-ring (bicyclic) bond motifs is 2. The van der Waals surface area contributed by atoms with Crippen LogP contribution in [0, 0.1) is 17.8 Å². The van der Waals surface area contributed by atoms with Crippen LogP contribution in [-0.2, 0) is 20.9 Å². The second kappa shape index (κ2) is 6.99. The van der Waals surface area contributed by atoms with Crippen molar-refractivity contribution in [2.24, 2.45) is 17.8 Å². The number of allylic oxidation sites excluding steroid dienone is 2. The average molecular weight is 313 g/mol. The lowest BCUT2D eigenvalue weighted by Gasteiger charge is -2.22. The van der Waals surface area contributed by atoms with E-state index in [0.717, 1.165) is 18.4 Å². The van der Waals surface area contributed by atoms with Gasteiger partial charge in [0.05, 0.1) is 5.92 Å². The van der Waals surface area contributed by atoms with Gasteiger partial charge in [-0.15, -0.1) is 0 Å². The molecule has 122 valence electrons. The van der Waals surface area contributed by atoms with Crippen molar-refractivity contribution in [2.75, 3.05) is 13.2 Å². The van der Waals surface area contributed by atoms with Crippen LogP contribution in [0.2, 0.25) is 0 Å². The van der Waals surface area contributed by atoms with Crippen molar-refractivity contribution in [2.45, 2.75) is 26.3 Å². The molecule has 2 aliphatic carbocycles. The van der Waals surface area contributed by atoms with E-state index in [2.05, 4.69) is 12.2 Å².